The predicted molar refractivity (Wildman–Crippen MR) is 172 cm³/mol. The molecule has 0 fully saturated rings. The predicted octanol–water partition coefficient (Wildman–Crippen LogP) is 6.92. The molecule has 1 nitrogen and oxygen atoms in total. The summed E-state index contributed by atoms with van der Waals surface area (Å²) in [5.74, 6) is 0. The van der Waals surface area contributed by atoms with E-state index in [2.05, 4.69) is 131 Å². The maximum Gasteiger partial charge on any atom is 0.179 e. The van der Waals surface area contributed by atoms with Crippen LogP contribution in [0.5, 0.6) is 0 Å². The summed E-state index contributed by atoms with van der Waals surface area (Å²) in [6.07, 6.45) is 0. The van der Waals surface area contributed by atoms with E-state index in [1.165, 1.54) is 20.7 Å². The highest BCUT2D eigenvalue weighted by Gasteiger charge is 2.41. The monoisotopic (exact) mass is 583 g/mol. The Balaban J connectivity index is 1.53. The highest BCUT2D eigenvalue weighted by Crippen LogP contribution is 2.33. The van der Waals surface area contributed by atoms with Crippen molar-refractivity contribution < 1.29 is 5.48 Å². The molecular formula is C36H26BrNSi. The molecule has 7 aromatic rings. The minimum atomic E-state index is -2.70. The molecule has 0 aliphatic rings. The molecule has 7 rings (SSSR count). The van der Waals surface area contributed by atoms with Gasteiger partial charge in [-0.3, -0.25) is 0 Å². The van der Waals surface area contributed by atoms with E-state index in [9.17, 15) is 0 Å². The molecule has 0 N–H and O–H groups in total. The first-order chi connectivity index (χ1) is 20.9. The number of nitrogens with zero attached hydrogens (tertiary/aromatic N) is 1. The molecule has 0 bridgehead atoms. The second-order valence-electron chi connectivity index (χ2n) is 9.62. The first-order valence-corrected chi connectivity index (χ1v) is 15.7. The second-order valence-corrected chi connectivity index (χ2v) is 14.3. The lowest BCUT2D eigenvalue weighted by atomic mass is 10.2. The molecule has 39 heavy (non-hydrogen) atoms. The number of hydrogen-bond acceptors (Lipinski definition) is 0. The van der Waals surface area contributed by atoms with Crippen LogP contribution in [0.4, 0.5) is 0 Å². The smallest absolute Gasteiger partial charge is 0.179 e. The maximum absolute atomic E-state index is 8.86. The number of fused-ring (bicyclic) bond motifs is 3. The summed E-state index contributed by atoms with van der Waals surface area (Å²) in [7, 11) is -2.70. The Labute approximate surface area is 243 Å². The van der Waals surface area contributed by atoms with Crippen molar-refractivity contribution in [1.82, 2.24) is 4.57 Å². The summed E-state index contributed by atoms with van der Waals surface area (Å²) in [4.78, 5) is 0. The fourth-order valence-corrected chi connectivity index (χ4v) is 11.0. The van der Waals surface area contributed by atoms with Crippen LogP contribution in [-0.4, -0.2) is 12.6 Å². The van der Waals surface area contributed by atoms with E-state index in [4.69, 9.17) is 5.48 Å². The average molecular weight is 585 g/mol. The SMILES string of the molecule is [2H]c1c([2H])c([2H])c2c(c1[2H])c1cc(Br)ccc1n2-c1ccc([Si](c2ccccc2)(c2ccccc2)c2ccccc2)cc1. The lowest BCUT2D eigenvalue weighted by molar-refractivity contribution is 1.18. The van der Waals surface area contributed by atoms with E-state index < -0.39 is 8.07 Å². The molecule has 0 aliphatic carbocycles. The van der Waals surface area contributed by atoms with E-state index in [1.54, 1.807) is 0 Å². The maximum atomic E-state index is 8.86. The summed E-state index contributed by atoms with van der Waals surface area (Å²) in [6.45, 7) is 0. The molecule has 186 valence electrons. The molecule has 6 aromatic carbocycles. The number of halogens is 1. The molecule has 0 unspecified atom stereocenters. The summed E-state index contributed by atoms with van der Waals surface area (Å²) in [6, 6.07) is 46.2. The Morgan fingerprint density at radius 1 is 0.513 bits per heavy atom. The van der Waals surface area contributed by atoms with Gasteiger partial charge in [-0.25, -0.2) is 0 Å². The van der Waals surface area contributed by atoms with Crippen molar-refractivity contribution in [3.63, 3.8) is 0 Å². The average Bonchev–Trinajstić information content (AvgIpc) is 3.39. The van der Waals surface area contributed by atoms with E-state index >= 15 is 0 Å². The Kier molecular flexibility index (Phi) is 5.00. The van der Waals surface area contributed by atoms with Gasteiger partial charge in [-0.1, -0.05) is 137 Å². The molecular weight excluding hydrogens is 554 g/mol. The summed E-state index contributed by atoms with van der Waals surface area (Å²) >= 11 is 3.56. The first kappa shape index (κ1) is 19.8. The minimum Gasteiger partial charge on any atom is -0.309 e. The molecule has 0 spiro atoms. The van der Waals surface area contributed by atoms with E-state index in [1.807, 2.05) is 22.8 Å². The van der Waals surface area contributed by atoms with Crippen LogP contribution in [0, 0.1) is 0 Å². The third-order valence-electron chi connectivity index (χ3n) is 7.54. The highest BCUT2D eigenvalue weighted by molar-refractivity contribution is 9.10. The van der Waals surface area contributed by atoms with Crippen LogP contribution in [0.25, 0.3) is 27.5 Å². The molecule has 0 atom stereocenters. The van der Waals surface area contributed by atoms with Crippen molar-refractivity contribution in [3.05, 3.63) is 162 Å². The summed E-state index contributed by atoms with van der Waals surface area (Å²) in [5, 5.41) is 6.39. The zero-order valence-electron chi connectivity index (χ0n) is 25.0. The second kappa shape index (κ2) is 9.85. The molecule has 3 heteroatoms. The van der Waals surface area contributed by atoms with Crippen molar-refractivity contribution in [2.75, 3.05) is 0 Å². The molecule has 0 radical (unpaired) electrons. The third-order valence-corrected chi connectivity index (χ3v) is 12.8. The van der Waals surface area contributed by atoms with Gasteiger partial charge in [-0.05, 0) is 57.1 Å². The summed E-state index contributed by atoms with van der Waals surface area (Å²) in [5.41, 5.74) is 2.15. The number of hydrogen-bond donors (Lipinski definition) is 0. The molecule has 0 saturated carbocycles. The Hall–Kier alpha value is -4.18. The van der Waals surface area contributed by atoms with Gasteiger partial charge in [0.05, 0.1) is 16.5 Å². The lowest BCUT2D eigenvalue weighted by Gasteiger charge is -2.34. The van der Waals surface area contributed by atoms with Crippen LogP contribution < -0.4 is 20.7 Å². The third kappa shape index (κ3) is 3.89. The normalized spacial score (nSPS) is 13.2. The number of aromatic nitrogens is 1. The summed E-state index contributed by atoms with van der Waals surface area (Å²) < 4.78 is 37.2. The van der Waals surface area contributed by atoms with Crippen LogP contribution in [0.3, 0.4) is 0 Å². The number of rotatable bonds is 5. The lowest BCUT2D eigenvalue weighted by Crippen LogP contribution is -2.74. The topological polar surface area (TPSA) is 4.93 Å². The van der Waals surface area contributed by atoms with Gasteiger partial charge in [-0.2, -0.15) is 0 Å². The molecule has 0 amide bonds. The number of para-hydroxylation sites is 1. The van der Waals surface area contributed by atoms with Crippen molar-refractivity contribution in [3.8, 4) is 5.69 Å². The standard InChI is InChI=1S/C36H26BrNSi/c37-27-20-25-36-34(26-27)33-18-10-11-19-35(33)38(36)28-21-23-32(24-22-28)39(29-12-4-1-5-13-29,30-14-6-2-7-15-30)31-16-8-3-9-17-31/h1-26H/i10D,11D,18D,19D. The van der Waals surface area contributed by atoms with Gasteiger partial charge in [0.2, 0.25) is 0 Å². The van der Waals surface area contributed by atoms with E-state index in [0.29, 0.717) is 10.9 Å². The van der Waals surface area contributed by atoms with Gasteiger partial charge in [0.1, 0.15) is 0 Å². The largest absolute Gasteiger partial charge is 0.309 e. The van der Waals surface area contributed by atoms with Gasteiger partial charge in [0.25, 0.3) is 0 Å². The van der Waals surface area contributed by atoms with Crippen LogP contribution in [0.1, 0.15) is 5.48 Å². The molecule has 0 aliphatic heterocycles. The van der Waals surface area contributed by atoms with E-state index in [-0.39, 0.29) is 24.2 Å². The van der Waals surface area contributed by atoms with Crippen molar-refractivity contribution in [2.45, 2.75) is 0 Å². The van der Waals surface area contributed by atoms with E-state index in [0.717, 1.165) is 21.1 Å². The Morgan fingerprint density at radius 3 is 1.59 bits per heavy atom. The molecule has 1 aromatic heterocycles. The van der Waals surface area contributed by atoms with Gasteiger partial charge in [-0.15, -0.1) is 0 Å². The fraction of sp³-hybridized carbons (Fsp3) is 0. The highest BCUT2D eigenvalue weighted by atomic mass is 79.9. The van der Waals surface area contributed by atoms with Crippen molar-refractivity contribution >= 4 is 66.6 Å². The van der Waals surface area contributed by atoms with Gasteiger partial charge >= 0.3 is 0 Å². The quantitative estimate of drug-likeness (QED) is 0.153. The molecule has 0 saturated heterocycles. The first-order valence-electron chi connectivity index (χ1n) is 14.9. The fourth-order valence-electron chi connectivity index (χ4n) is 5.89. The van der Waals surface area contributed by atoms with Gasteiger partial charge in [0, 0.05) is 20.9 Å². The number of benzene rings is 6. The van der Waals surface area contributed by atoms with Crippen LogP contribution in [0.15, 0.2) is 162 Å². The Morgan fingerprint density at radius 2 is 1.03 bits per heavy atom. The van der Waals surface area contributed by atoms with Crippen molar-refractivity contribution in [2.24, 2.45) is 0 Å². The zero-order valence-corrected chi connectivity index (χ0v) is 23.6. The van der Waals surface area contributed by atoms with Gasteiger partial charge < -0.3 is 4.57 Å². The minimum absolute atomic E-state index is 0.0295. The zero-order chi connectivity index (χ0) is 29.7. The van der Waals surface area contributed by atoms with Crippen molar-refractivity contribution in [1.29, 1.82) is 0 Å². The molecule has 1 heterocycles. The van der Waals surface area contributed by atoms with Crippen LogP contribution in [-0.2, 0) is 0 Å². The van der Waals surface area contributed by atoms with Crippen LogP contribution in [0.2, 0.25) is 0 Å². The van der Waals surface area contributed by atoms with Gasteiger partial charge in [0.15, 0.2) is 8.07 Å². The Bertz CT molecular complexity index is 2020. The van der Waals surface area contributed by atoms with Crippen LogP contribution >= 0.6 is 15.9 Å².